The summed E-state index contributed by atoms with van der Waals surface area (Å²) in [5, 5.41) is 0.748. The smallest absolute Gasteiger partial charge is 0.222 e. The Kier molecular flexibility index (Phi) is 4.67. The molecule has 0 unspecified atom stereocenters. The monoisotopic (exact) mass is 201 g/mol. The molecule has 0 aromatic rings. The summed E-state index contributed by atoms with van der Waals surface area (Å²) in [6.07, 6.45) is 2.41. The van der Waals surface area contributed by atoms with Gasteiger partial charge in [0.2, 0.25) is 9.04 Å². The normalized spacial score (nSPS) is 13.8. The van der Waals surface area contributed by atoms with Crippen LogP contribution in [0.2, 0.25) is 10.1 Å². The molecule has 2 heteroatoms. The lowest BCUT2D eigenvalue weighted by Crippen LogP contribution is -2.39. The minimum Gasteiger partial charge on any atom is -0.419 e. The highest BCUT2D eigenvalue weighted by Gasteiger charge is 2.42. The summed E-state index contributed by atoms with van der Waals surface area (Å²) in [6.45, 7) is 13.9. The van der Waals surface area contributed by atoms with Crippen LogP contribution in [-0.2, 0) is 4.43 Å². The molecular formula is C11H25OSi. The van der Waals surface area contributed by atoms with Crippen LogP contribution in [-0.4, -0.2) is 16.2 Å². The standard InChI is InChI=1S/C11H25OSi/c1-8-10(3,4)13(12-7)11(5,6)9-2/h8-9H2,1-7H3. The zero-order valence-electron chi connectivity index (χ0n) is 10.3. The Morgan fingerprint density at radius 2 is 1.23 bits per heavy atom. The van der Waals surface area contributed by atoms with E-state index < -0.39 is 9.04 Å². The molecule has 1 radical (unpaired) electrons. The van der Waals surface area contributed by atoms with Gasteiger partial charge in [0.1, 0.15) is 0 Å². The van der Waals surface area contributed by atoms with Gasteiger partial charge >= 0.3 is 0 Å². The van der Waals surface area contributed by atoms with Gasteiger partial charge in [0.15, 0.2) is 0 Å². The fraction of sp³-hybridized carbons (Fsp3) is 1.00. The topological polar surface area (TPSA) is 9.23 Å². The minimum absolute atomic E-state index is 0.374. The predicted molar refractivity (Wildman–Crippen MR) is 61.4 cm³/mol. The molecule has 0 heterocycles. The lowest BCUT2D eigenvalue weighted by Gasteiger charge is -2.40. The first kappa shape index (κ1) is 13.2. The van der Waals surface area contributed by atoms with Crippen molar-refractivity contribution in [3.8, 4) is 0 Å². The van der Waals surface area contributed by atoms with Gasteiger partial charge in [-0.05, 0) is 10.1 Å². The summed E-state index contributed by atoms with van der Waals surface area (Å²) in [6, 6.07) is 0. The maximum Gasteiger partial charge on any atom is 0.222 e. The van der Waals surface area contributed by atoms with E-state index in [1.165, 1.54) is 12.8 Å². The van der Waals surface area contributed by atoms with E-state index in [4.69, 9.17) is 4.43 Å². The van der Waals surface area contributed by atoms with Crippen LogP contribution in [0.3, 0.4) is 0 Å². The third-order valence-corrected chi connectivity index (χ3v) is 6.78. The van der Waals surface area contributed by atoms with Gasteiger partial charge in [0.25, 0.3) is 0 Å². The second kappa shape index (κ2) is 4.60. The van der Waals surface area contributed by atoms with Crippen LogP contribution in [0.25, 0.3) is 0 Å². The number of hydrogen-bond acceptors (Lipinski definition) is 1. The molecule has 0 bridgehead atoms. The van der Waals surface area contributed by atoms with Crippen molar-refractivity contribution < 1.29 is 4.43 Å². The Labute approximate surface area is 85.6 Å². The SMILES string of the molecule is CCC(C)(C)[Si](OC)C(C)(C)CC. The highest BCUT2D eigenvalue weighted by Crippen LogP contribution is 2.46. The molecule has 0 aromatic carbocycles. The van der Waals surface area contributed by atoms with Crippen LogP contribution in [0.1, 0.15) is 54.4 Å². The van der Waals surface area contributed by atoms with E-state index >= 15 is 0 Å². The molecule has 0 aliphatic heterocycles. The molecule has 0 spiro atoms. The van der Waals surface area contributed by atoms with Gasteiger partial charge in [-0.1, -0.05) is 54.4 Å². The molecule has 0 aliphatic carbocycles. The molecule has 0 saturated heterocycles. The summed E-state index contributed by atoms with van der Waals surface area (Å²) in [5.74, 6) is 0. The molecule has 0 rings (SSSR count). The van der Waals surface area contributed by atoms with Crippen molar-refractivity contribution in [2.75, 3.05) is 7.11 Å². The summed E-state index contributed by atoms with van der Waals surface area (Å²) in [4.78, 5) is 0. The Balaban J connectivity index is 4.69. The predicted octanol–water partition coefficient (Wildman–Crippen LogP) is 4.00. The third-order valence-electron chi connectivity index (χ3n) is 3.20. The first-order valence-corrected chi connectivity index (χ1v) is 6.64. The van der Waals surface area contributed by atoms with Crippen molar-refractivity contribution in [3.05, 3.63) is 0 Å². The van der Waals surface area contributed by atoms with E-state index in [1.54, 1.807) is 0 Å². The Hall–Kier alpha value is 0.177. The quantitative estimate of drug-likeness (QED) is 0.611. The average Bonchev–Trinajstić information content (AvgIpc) is 2.05. The molecule has 0 N–H and O–H groups in total. The van der Waals surface area contributed by atoms with Crippen molar-refractivity contribution in [2.45, 2.75) is 64.5 Å². The van der Waals surface area contributed by atoms with Gasteiger partial charge < -0.3 is 4.43 Å². The fourth-order valence-electron chi connectivity index (χ4n) is 1.79. The van der Waals surface area contributed by atoms with E-state index in [9.17, 15) is 0 Å². The fourth-order valence-corrected chi connectivity index (χ4v) is 5.37. The second-order valence-corrected chi connectivity index (χ2v) is 8.78. The van der Waals surface area contributed by atoms with Crippen molar-refractivity contribution >= 4 is 9.04 Å². The molecule has 0 aromatic heterocycles. The Bertz CT molecular complexity index is 136. The molecular weight excluding hydrogens is 176 g/mol. The van der Waals surface area contributed by atoms with Crippen LogP contribution in [0.5, 0.6) is 0 Å². The summed E-state index contributed by atoms with van der Waals surface area (Å²) in [5.41, 5.74) is 0. The largest absolute Gasteiger partial charge is 0.419 e. The van der Waals surface area contributed by atoms with Gasteiger partial charge in [-0.2, -0.15) is 0 Å². The summed E-state index contributed by atoms with van der Waals surface area (Å²) >= 11 is 0. The van der Waals surface area contributed by atoms with E-state index in [-0.39, 0.29) is 0 Å². The average molecular weight is 201 g/mol. The van der Waals surface area contributed by atoms with Gasteiger partial charge in [-0.25, -0.2) is 0 Å². The zero-order chi connectivity index (χ0) is 10.7. The van der Waals surface area contributed by atoms with Crippen LogP contribution in [0, 0.1) is 0 Å². The van der Waals surface area contributed by atoms with Crippen molar-refractivity contribution in [1.82, 2.24) is 0 Å². The van der Waals surface area contributed by atoms with Crippen molar-refractivity contribution in [1.29, 1.82) is 0 Å². The first-order chi connectivity index (χ1) is 5.81. The van der Waals surface area contributed by atoms with Crippen molar-refractivity contribution in [3.63, 3.8) is 0 Å². The molecule has 0 saturated carbocycles. The summed E-state index contributed by atoms with van der Waals surface area (Å²) in [7, 11) is 1.14. The summed E-state index contributed by atoms with van der Waals surface area (Å²) < 4.78 is 5.76. The highest BCUT2D eigenvalue weighted by atomic mass is 28.3. The molecule has 0 amide bonds. The number of rotatable bonds is 5. The second-order valence-electron chi connectivity index (χ2n) is 5.01. The number of hydrogen-bond donors (Lipinski definition) is 0. The van der Waals surface area contributed by atoms with E-state index in [0.29, 0.717) is 10.1 Å². The van der Waals surface area contributed by atoms with Gasteiger partial charge in [-0.3, -0.25) is 0 Å². The molecule has 0 fully saturated rings. The van der Waals surface area contributed by atoms with Gasteiger partial charge in [0.05, 0.1) is 0 Å². The zero-order valence-corrected chi connectivity index (χ0v) is 11.3. The van der Waals surface area contributed by atoms with Crippen molar-refractivity contribution in [2.24, 2.45) is 0 Å². The lowest BCUT2D eigenvalue weighted by molar-refractivity contribution is 0.341. The Morgan fingerprint density at radius 1 is 0.923 bits per heavy atom. The molecule has 0 aliphatic rings. The Morgan fingerprint density at radius 3 is 1.38 bits per heavy atom. The van der Waals surface area contributed by atoms with Crippen LogP contribution < -0.4 is 0 Å². The highest BCUT2D eigenvalue weighted by molar-refractivity contribution is 6.58. The van der Waals surface area contributed by atoms with Gasteiger partial charge in [-0.15, -0.1) is 0 Å². The molecule has 13 heavy (non-hydrogen) atoms. The van der Waals surface area contributed by atoms with Crippen LogP contribution in [0.4, 0.5) is 0 Å². The molecule has 79 valence electrons. The lowest BCUT2D eigenvalue weighted by atomic mass is 10.1. The van der Waals surface area contributed by atoms with E-state index in [1.807, 2.05) is 7.11 Å². The van der Waals surface area contributed by atoms with E-state index in [2.05, 4.69) is 41.5 Å². The maximum absolute atomic E-state index is 5.76. The van der Waals surface area contributed by atoms with Crippen LogP contribution >= 0.6 is 0 Å². The van der Waals surface area contributed by atoms with Gasteiger partial charge in [0, 0.05) is 7.11 Å². The van der Waals surface area contributed by atoms with Crippen LogP contribution in [0.15, 0.2) is 0 Å². The molecule has 1 nitrogen and oxygen atoms in total. The maximum atomic E-state index is 5.76. The van der Waals surface area contributed by atoms with E-state index in [0.717, 1.165) is 0 Å². The minimum atomic E-state index is -0.738. The first-order valence-electron chi connectivity index (χ1n) is 5.23. The molecule has 0 atom stereocenters. The third kappa shape index (κ3) is 3.10.